The first kappa shape index (κ1) is 15.4. The van der Waals surface area contributed by atoms with Crippen molar-refractivity contribution >= 4 is 23.1 Å². The molecule has 0 radical (unpaired) electrons. The molecule has 19 heavy (non-hydrogen) atoms. The van der Waals surface area contributed by atoms with Gasteiger partial charge >= 0.3 is 0 Å². The fraction of sp³-hybridized carbons (Fsp3) is 0.385. The van der Waals surface area contributed by atoms with Gasteiger partial charge in [-0.25, -0.2) is 4.39 Å². The molecule has 6 heteroatoms. The second-order valence-electron chi connectivity index (χ2n) is 4.01. The molecule has 1 rings (SSSR count). The van der Waals surface area contributed by atoms with Crippen LogP contribution in [-0.4, -0.2) is 36.0 Å². The topological polar surface area (TPSA) is 55.6 Å². The number of carbonyl (C=O) groups excluding carboxylic acids is 1. The Balaban J connectivity index is 3.11. The van der Waals surface area contributed by atoms with Gasteiger partial charge in [-0.1, -0.05) is 25.2 Å². The van der Waals surface area contributed by atoms with Crippen LogP contribution in [0.15, 0.2) is 18.2 Å². The zero-order valence-electron chi connectivity index (χ0n) is 11.0. The van der Waals surface area contributed by atoms with Crippen LogP contribution in [0.2, 0.25) is 0 Å². The first-order valence-corrected chi connectivity index (χ1v) is 6.32. The van der Waals surface area contributed by atoms with E-state index in [1.54, 1.807) is 6.07 Å². The third kappa shape index (κ3) is 3.89. The van der Waals surface area contributed by atoms with Gasteiger partial charge in [0.05, 0.1) is 18.6 Å². The first-order chi connectivity index (χ1) is 9.01. The highest BCUT2D eigenvalue weighted by Gasteiger charge is 2.23. The number of hydrogen-bond acceptors (Lipinski definition) is 3. The zero-order chi connectivity index (χ0) is 14.4. The van der Waals surface area contributed by atoms with Gasteiger partial charge in [-0.15, -0.1) is 0 Å². The molecule has 104 valence electrons. The number of nitrogens with zero attached hydrogens (tertiary/aromatic N) is 1. The molecule has 1 amide bonds. The van der Waals surface area contributed by atoms with Crippen molar-refractivity contribution in [1.29, 1.82) is 0 Å². The largest absolute Gasteiger partial charge is 0.496 e. The lowest BCUT2D eigenvalue weighted by molar-refractivity contribution is 0.0771. The van der Waals surface area contributed by atoms with Crippen LogP contribution in [0.1, 0.15) is 23.7 Å². The SMILES string of the molecule is CCCN(CC(N)=S)C(=O)c1c(F)cccc1OC. The number of rotatable bonds is 6. The number of hydrogen-bond donors (Lipinski definition) is 1. The zero-order valence-corrected chi connectivity index (χ0v) is 11.8. The van der Waals surface area contributed by atoms with Crippen molar-refractivity contribution in [2.45, 2.75) is 13.3 Å². The minimum Gasteiger partial charge on any atom is -0.496 e. The number of halogens is 1. The molecule has 0 aliphatic carbocycles. The molecule has 0 spiro atoms. The number of carbonyl (C=O) groups is 1. The summed E-state index contributed by atoms with van der Waals surface area (Å²) in [6.45, 7) is 2.49. The van der Waals surface area contributed by atoms with Gasteiger partial charge in [0, 0.05) is 6.54 Å². The lowest BCUT2D eigenvalue weighted by Crippen LogP contribution is -2.38. The fourth-order valence-corrected chi connectivity index (χ4v) is 1.91. The van der Waals surface area contributed by atoms with Crippen LogP contribution in [0.5, 0.6) is 5.75 Å². The van der Waals surface area contributed by atoms with Gasteiger partial charge in [0.25, 0.3) is 5.91 Å². The molecule has 0 unspecified atom stereocenters. The summed E-state index contributed by atoms with van der Waals surface area (Å²) < 4.78 is 18.9. The number of thiocarbonyl (C=S) groups is 1. The maximum Gasteiger partial charge on any atom is 0.261 e. The van der Waals surface area contributed by atoms with Gasteiger partial charge in [-0.3, -0.25) is 4.79 Å². The average Bonchev–Trinajstić information content (AvgIpc) is 2.36. The third-order valence-electron chi connectivity index (χ3n) is 2.54. The Hall–Kier alpha value is -1.69. The molecule has 0 aliphatic rings. The average molecular weight is 284 g/mol. The molecule has 0 saturated carbocycles. The number of ether oxygens (including phenoxy) is 1. The fourth-order valence-electron chi connectivity index (χ4n) is 1.75. The van der Waals surface area contributed by atoms with Gasteiger partial charge in [-0.2, -0.15) is 0 Å². The lowest BCUT2D eigenvalue weighted by atomic mass is 10.1. The van der Waals surface area contributed by atoms with Crippen molar-refractivity contribution in [1.82, 2.24) is 4.90 Å². The first-order valence-electron chi connectivity index (χ1n) is 5.91. The molecule has 2 N–H and O–H groups in total. The van der Waals surface area contributed by atoms with Crippen molar-refractivity contribution in [3.8, 4) is 5.75 Å². The minimum atomic E-state index is -0.617. The van der Waals surface area contributed by atoms with Crippen molar-refractivity contribution < 1.29 is 13.9 Å². The van der Waals surface area contributed by atoms with E-state index in [4.69, 9.17) is 22.7 Å². The maximum atomic E-state index is 13.8. The Labute approximate surface area is 117 Å². The van der Waals surface area contributed by atoms with Crippen LogP contribution in [0, 0.1) is 5.82 Å². The van der Waals surface area contributed by atoms with E-state index in [1.165, 1.54) is 24.1 Å². The minimum absolute atomic E-state index is 0.0882. The van der Waals surface area contributed by atoms with E-state index in [0.717, 1.165) is 6.42 Å². The Morgan fingerprint density at radius 3 is 2.74 bits per heavy atom. The number of nitrogens with two attached hydrogens (primary N) is 1. The standard InChI is InChI=1S/C13H17FN2O2S/c1-3-7-16(8-11(15)19)13(17)12-9(14)5-4-6-10(12)18-2/h4-6H,3,7-8H2,1-2H3,(H2,15,19). The summed E-state index contributed by atoms with van der Waals surface area (Å²) in [6, 6.07) is 4.25. The van der Waals surface area contributed by atoms with Gasteiger partial charge in [0.1, 0.15) is 17.1 Å². The van der Waals surface area contributed by atoms with E-state index < -0.39 is 11.7 Å². The van der Waals surface area contributed by atoms with Gasteiger partial charge < -0.3 is 15.4 Å². The van der Waals surface area contributed by atoms with E-state index >= 15 is 0 Å². The third-order valence-corrected chi connectivity index (χ3v) is 2.67. The van der Waals surface area contributed by atoms with Gasteiger partial charge in [0.15, 0.2) is 0 Å². The molecule has 0 heterocycles. The van der Waals surface area contributed by atoms with Gasteiger partial charge in [-0.05, 0) is 18.6 Å². The quantitative estimate of drug-likeness (QED) is 0.812. The molecule has 1 aromatic carbocycles. The van der Waals surface area contributed by atoms with E-state index in [0.29, 0.717) is 6.54 Å². The summed E-state index contributed by atoms with van der Waals surface area (Å²) in [6.07, 6.45) is 0.727. The molecule has 0 fully saturated rings. The molecule has 0 saturated heterocycles. The van der Waals surface area contributed by atoms with E-state index in [1.807, 2.05) is 6.92 Å². The van der Waals surface area contributed by atoms with Crippen LogP contribution in [-0.2, 0) is 0 Å². The Morgan fingerprint density at radius 2 is 2.21 bits per heavy atom. The summed E-state index contributed by atoms with van der Waals surface area (Å²) in [5.41, 5.74) is 5.37. The Kier molecular flexibility index (Phi) is 5.69. The van der Waals surface area contributed by atoms with Crippen LogP contribution in [0.4, 0.5) is 4.39 Å². The van der Waals surface area contributed by atoms with Crippen molar-refractivity contribution in [3.05, 3.63) is 29.6 Å². The normalized spacial score (nSPS) is 10.1. The molecule has 0 aliphatic heterocycles. The molecule has 1 aromatic rings. The summed E-state index contributed by atoms with van der Waals surface area (Å²) >= 11 is 4.81. The predicted molar refractivity (Wildman–Crippen MR) is 75.9 cm³/mol. The molecule has 0 atom stereocenters. The van der Waals surface area contributed by atoms with Crippen molar-refractivity contribution in [2.24, 2.45) is 5.73 Å². The molecule has 0 aromatic heterocycles. The van der Waals surface area contributed by atoms with Crippen LogP contribution >= 0.6 is 12.2 Å². The summed E-state index contributed by atoms with van der Waals surface area (Å²) in [7, 11) is 1.39. The predicted octanol–water partition coefficient (Wildman–Crippen LogP) is 1.97. The Bertz CT molecular complexity index is 480. The maximum absolute atomic E-state index is 13.8. The molecule has 4 nitrogen and oxygen atoms in total. The molecular weight excluding hydrogens is 267 g/mol. The smallest absolute Gasteiger partial charge is 0.261 e. The van der Waals surface area contributed by atoms with E-state index in [2.05, 4.69) is 0 Å². The highest BCUT2D eigenvalue weighted by Crippen LogP contribution is 2.23. The molecular formula is C13H17FN2O2S. The summed E-state index contributed by atoms with van der Waals surface area (Å²) in [4.78, 5) is 14.0. The number of benzene rings is 1. The number of amides is 1. The molecule has 0 bridgehead atoms. The Morgan fingerprint density at radius 1 is 1.53 bits per heavy atom. The van der Waals surface area contributed by atoms with Crippen molar-refractivity contribution in [2.75, 3.05) is 20.2 Å². The van der Waals surface area contributed by atoms with Crippen LogP contribution in [0.25, 0.3) is 0 Å². The van der Waals surface area contributed by atoms with Crippen molar-refractivity contribution in [3.63, 3.8) is 0 Å². The highest BCUT2D eigenvalue weighted by atomic mass is 32.1. The second-order valence-corrected chi connectivity index (χ2v) is 4.53. The van der Waals surface area contributed by atoms with E-state index in [-0.39, 0.29) is 22.8 Å². The highest BCUT2D eigenvalue weighted by molar-refractivity contribution is 7.80. The van der Waals surface area contributed by atoms with Crippen LogP contribution in [0.3, 0.4) is 0 Å². The lowest BCUT2D eigenvalue weighted by Gasteiger charge is -2.22. The monoisotopic (exact) mass is 284 g/mol. The van der Waals surface area contributed by atoms with Gasteiger partial charge in [0.2, 0.25) is 0 Å². The van der Waals surface area contributed by atoms with Crippen LogP contribution < -0.4 is 10.5 Å². The summed E-state index contributed by atoms with van der Waals surface area (Å²) in [5, 5.41) is 0. The second kappa shape index (κ2) is 7.04. The number of methoxy groups -OCH3 is 1. The summed E-state index contributed by atoms with van der Waals surface area (Å²) in [5.74, 6) is -0.882. The van der Waals surface area contributed by atoms with E-state index in [9.17, 15) is 9.18 Å².